The topological polar surface area (TPSA) is 99.0 Å². The fraction of sp³-hybridized carbons (Fsp3) is 0.208. The maximum absolute atomic E-state index is 13.7. The number of thiophene rings is 1. The van der Waals surface area contributed by atoms with Gasteiger partial charge in [-0.25, -0.2) is 14.6 Å². The lowest BCUT2D eigenvalue weighted by Crippen LogP contribution is -2.18. The number of hydrogen-bond donors (Lipinski definition) is 3. The number of aromatic carboxylic acids is 1. The smallest absolute Gasteiger partial charge is 0.338 e. The molecule has 6 nitrogen and oxygen atoms in total. The van der Waals surface area contributed by atoms with Crippen LogP contribution in [-0.2, 0) is 11.8 Å². The van der Waals surface area contributed by atoms with E-state index in [1.54, 1.807) is 0 Å². The quantitative estimate of drug-likeness (QED) is 0.352. The van der Waals surface area contributed by atoms with Crippen LogP contribution < -0.4 is 5.43 Å². The van der Waals surface area contributed by atoms with Gasteiger partial charge in [0.05, 0.1) is 10.4 Å². The number of nitrogens with one attached hydrogen (secondary N) is 1. The molecule has 8 heteroatoms. The highest BCUT2D eigenvalue weighted by Gasteiger charge is 2.16. The van der Waals surface area contributed by atoms with E-state index in [-0.39, 0.29) is 23.1 Å². The Balaban J connectivity index is 1.63. The first-order valence-electron chi connectivity index (χ1n) is 9.83. The first kappa shape index (κ1) is 23.1. The molecule has 0 aliphatic rings. The predicted molar refractivity (Wildman–Crippen MR) is 123 cm³/mol. The molecule has 3 N–H and O–H groups in total. The average molecular weight is 455 g/mol. The van der Waals surface area contributed by atoms with Gasteiger partial charge < -0.3 is 10.2 Å². The Morgan fingerprint density at radius 2 is 1.84 bits per heavy atom. The summed E-state index contributed by atoms with van der Waals surface area (Å²) in [6.45, 7) is 6.42. The number of hydrazone groups is 1. The number of hydrogen-bond acceptors (Lipinski definition) is 5. The third-order valence-electron chi connectivity index (χ3n) is 4.88. The molecule has 3 rings (SSSR count). The molecule has 0 spiro atoms. The van der Waals surface area contributed by atoms with E-state index in [0.29, 0.717) is 5.56 Å². The van der Waals surface area contributed by atoms with Crippen molar-refractivity contribution in [3.8, 4) is 16.2 Å². The molecule has 0 saturated heterocycles. The molecule has 0 unspecified atom stereocenters. The number of carbonyl (C=O) groups excluding carboxylic acids is 1. The summed E-state index contributed by atoms with van der Waals surface area (Å²) in [5.41, 5.74) is 4.54. The van der Waals surface area contributed by atoms with Crippen LogP contribution >= 0.6 is 11.3 Å². The molecular weight excluding hydrogens is 431 g/mol. The summed E-state index contributed by atoms with van der Waals surface area (Å²) >= 11 is 1.42. The fourth-order valence-corrected chi connectivity index (χ4v) is 3.98. The van der Waals surface area contributed by atoms with Crippen molar-refractivity contribution in [1.82, 2.24) is 5.43 Å². The van der Waals surface area contributed by atoms with E-state index < -0.39 is 23.3 Å². The maximum atomic E-state index is 13.7. The third kappa shape index (κ3) is 5.20. The van der Waals surface area contributed by atoms with Crippen molar-refractivity contribution in [3.05, 3.63) is 75.9 Å². The standard InChI is InChI=1S/C24H23FN2O4S/c1-24(2,3)17-7-4-14(5-8-17)21-20(28)16(13-32-21)10-11-26-27-22(29)15-6-9-18(23(30)31)19(25)12-15/h4-9,11-13,28H,10H2,1-3H3,(H,27,29)(H,30,31). The fourth-order valence-electron chi connectivity index (χ4n) is 3.00. The van der Waals surface area contributed by atoms with Crippen LogP contribution in [-0.4, -0.2) is 28.3 Å². The molecular formula is C24H23FN2O4S. The van der Waals surface area contributed by atoms with Crippen LogP contribution in [0.15, 0.2) is 52.9 Å². The minimum Gasteiger partial charge on any atom is -0.506 e. The van der Waals surface area contributed by atoms with Gasteiger partial charge in [0.1, 0.15) is 11.6 Å². The number of carboxylic acids is 1. The van der Waals surface area contributed by atoms with Crippen molar-refractivity contribution in [3.63, 3.8) is 0 Å². The highest BCUT2D eigenvalue weighted by atomic mass is 32.1. The zero-order valence-corrected chi connectivity index (χ0v) is 18.7. The second kappa shape index (κ2) is 9.32. The lowest BCUT2D eigenvalue weighted by Gasteiger charge is -2.19. The van der Waals surface area contributed by atoms with E-state index in [4.69, 9.17) is 5.11 Å². The van der Waals surface area contributed by atoms with E-state index in [9.17, 15) is 19.1 Å². The van der Waals surface area contributed by atoms with Gasteiger partial charge in [0.25, 0.3) is 5.91 Å². The van der Waals surface area contributed by atoms with Crippen LogP contribution in [0.4, 0.5) is 4.39 Å². The molecule has 0 saturated carbocycles. The number of halogens is 1. The minimum absolute atomic E-state index is 0.0478. The number of rotatable bonds is 6. The maximum Gasteiger partial charge on any atom is 0.338 e. The second-order valence-corrected chi connectivity index (χ2v) is 9.10. The van der Waals surface area contributed by atoms with Crippen LogP contribution in [0.25, 0.3) is 10.4 Å². The number of benzene rings is 2. The van der Waals surface area contributed by atoms with Crippen molar-refractivity contribution in [2.75, 3.05) is 0 Å². The Morgan fingerprint density at radius 1 is 1.16 bits per heavy atom. The molecule has 0 fully saturated rings. The van der Waals surface area contributed by atoms with Gasteiger partial charge in [0.2, 0.25) is 0 Å². The molecule has 1 amide bonds. The zero-order chi connectivity index (χ0) is 23.5. The second-order valence-electron chi connectivity index (χ2n) is 8.22. The van der Waals surface area contributed by atoms with Crippen molar-refractivity contribution >= 4 is 29.4 Å². The summed E-state index contributed by atoms with van der Waals surface area (Å²) < 4.78 is 13.7. The SMILES string of the molecule is CC(C)(C)c1ccc(-c2scc(CC=NNC(=O)c3ccc(C(=O)O)c(F)c3)c2O)cc1. The molecule has 1 heterocycles. The monoisotopic (exact) mass is 454 g/mol. The largest absolute Gasteiger partial charge is 0.506 e. The summed E-state index contributed by atoms with van der Waals surface area (Å²) in [4.78, 5) is 23.7. The third-order valence-corrected chi connectivity index (χ3v) is 5.95. The van der Waals surface area contributed by atoms with Crippen LogP contribution in [0.5, 0.6) is 5.75 Å². The summed E-state index contributed by atoms with van der Waals surface area (Å²) in [5.74, 6) is -2.91. The van der Waals surface area contributed by atoms with Gasteiger partial charge in [-0.3, -0.25) is 4.79 Å². The summed E-state index contributed by atoms with van der Waals surface area (Å²) in [7, 11) is 0. The molecule has 32 heavy (non-hydrogen) atoms. The Kier molecular flexibility index (Phi) is 6.74. The van der Waals surface area contributed by atoms with E-state index in [1.807, 2.05) is 17.5 Å². The van der Waals surface area contributed by atoms with Gasteiger partial charge in [-0.2, -0.15) is 5.10 Å². The molecule has 3 aromatic rings. The minimum atomic E-state index is -1.41. The normalized spacial score (nSPS) is 11.6. The lowest BCUT2D eigenvalue weighted by atomic mass is 9.86. The Morgan fingerprint density at radius 3 is 2.44 bits per heavy atom. The molecule has 0 bridgehead atoms. The Bertz CT molecular complexity index is 1180. The highest BCUT2D eigenvalue weighted by Crippen LogP contribution is 2.39. The summed E-state index contributed by atoms with van der Waals surface area (Å²) in [6.07, 6.45) is 1.71. The van der Waals surface area contributed by atoms with Gasteiger partial charge in [-0.05, 0) is 40.1 Å². The van der Waals surface area contributed by atoms with Crippen LogP contribution in [0, 0.1) is 5.82 Å². The number of nitrogens with zero attached hydrogens (tertiary/aromatic N) is 1. The number of amides is 1. The van der Waals surface area contributed by atoms with Gasteiger partial charge in [-0.1, -0.05) is 45.0 Å². The van der Waals surface area contributed by atoms with Gasteiger partial charge in [-0.15, -0.1) is 11.3 Å². The lowest BCUT2D eigenvalue weighted by molar-refractivity contribution is 0.0691. The van der Waals surface area contributed by atoms with E-state index in [1.165, 1.54) is 29.2 Å². The van der Waals surface area contributed by atoms with E-state index >= 15 is 0 Å². The first-order chi connectivity index (χ1) is 15.1. The van der Waals surface area contributed by atoms with Crippen molar-refractivity contribution < 1.29 is 24.2 Å². The zero-order valence-electron chi connectivity index (χ0n) is 17.8. The molecule has 0 atom stereocenters. The molecule has 0 aliphatic carbocycles. The van der Waals surface area contributed by atoms with Crippen molar-refractivity contribution in [2.24, 2.45) is 5.10 Å². The molecule has 0 aliphatic heterocycles. The van der Waals surface area contributed by atoms with Gasteiger partial charge in [0, 0.05) is 23.8 Å². The van der Waals surface area contributed by atoms with E-state index in [0.717, 1.165) is 22.6 Å². The van der Waals surface area contributed by atoms with Crippen molar-refractivity contribution in [1.29, 1.82) is 0 Å². The van der Waals surface area contributed by atoms with E-state index in [2.05, 4.69) is 43.4 Å². The number of carboxylic acid groups (broad SMARTS) is 1. The molecule has 166 valence electrons. The summed E-state index contributed by atoms with van der Waals surface area (Å²) in [5, 5.41) is 25.1. The first-order valence-corrected chi connectivity index (χ1v) is 10.7. The average Bonchev–Trinajstić information content (AvgIpc) is 3.10. The van der Waals surface area contributed by atoms with Crippen LogP contribution in [0.2, 0.25) is 0 Å². The Labute approximate surface area is 189 Å². The molecule has 2 aromatic carbocycles. The number of carbonyl (C=O) groups is 2. The Hall–Kier alpha value is -3.52. The van der Waals surface area contributed by atoms with Gasteiger partial charge in [0.15, 0.2) is 0 Å². The van der Waals surface area contributed by atoms with Gasteiger partial charge >= 0.3 is 5.97 Å². The summed E-state index contributed by atoms with van der Waals surface area (Å²) in [6, 6.07) is 11.1. The highest BCUT2D eigenvalue weighted by molar-refractivity contribution is 7.14. The van der Waals surface area contributed by atoms with Crippen LogP contribution in [0.1, 0.15) is 52.6 Å². The molecule has 1 aromatic heterocycles. The number of aromatic hydroxyl groups is 1. The van der Waals surface area contributed by atoms with Crippen molar-refractivity contribution in [2.45, 2.75) is 32.6 Å². The predicted octanol–water partition coefficient (Wildman–Crippen LogP) is 5.21. The van der Waals surface area contributed by atoms with Crippen LogP contribution in [0.3, 0.4) is 0 Å². The molecule has 0 radical (unpaired) electrons.